The molecular formula is C15H16N2O3. The quantitative estimate of drug-likeness (QED) is 0.563. The van der Waals surface area contributed by atoms with Crippen LogP contribution in [-0.2, 0) is 4.74 Å². The fourth-order valence-electron chi connectivity index (χ4n) is 1.54. The van der Waals surface area contributed by atoms with E-state index in [0.29, 0.717) is 30.3 Å². The number of allylic oxidation sites excluding steroid dienone is 1. The summed E-state index contributed by atoms with van der Waals surface area (Å²) in [6, 6.07) is 8.87. The van der Waals surface area contributed by atoms with E-state index in [1.807, 2.05) is 12.1 Å². The van der Waals surface area contributed by atoms with Gasteiger partial charge in [0.25, 0.3) is 0 Å². The highest BCUT2D eigenvalue weighted by Crippen LogP contribution is 2.29. The van der Waals surface area contributed by atoms with Crippen molar-refractivity contribution in [2.24, 2.45) is 0 Å². The van der Waals surface area contributed by atoms with Gasteiger partial charge < -0.3 is 14.2 Å². The first-order valence-corrected chi connectivity index (χ1v) is 6.06. The topological polar surface area (TPSA) is 75.3 Å². The lowest BCUT2D eigenvalue weighted by Crippen LogP contribution is -2.02. The van der Waals surface area contributed by atoms with Crippen LogP contribution in [0.25, 0.3) is 6.08 Å². The fourth-order valence-corrected chi connectivity index (χ4v) is 1.54. The van der Waals surface area contributed by atoms with Gasteiger partial charge in [-0.25, -0.2) is 0 Å². The summed E-state index contributed by atoms with van der Waals surface area (Å²) in [4.78, 5) is 0. The van der Waals surface area contributed by atoms with Crippen LogP contribution in [0.1, 0.15) is 12.0 Å². The van der Waals surface area contributed by atoms with Gasteiger partial charge in [-0.3, -0.25) is 0 Å². The van der Waals surface area contributed by atoms with Gasteiger partial charge in [-0.15, -0.1) is 0 Å². The molecule has 0 N–H and O–H groups in total. The Morgan fingerprint density at radius 2 is 1.90 bits per heavy atom. The molecule has 5 heteroatoms. The van der Waals surface area contributed by atoms with E-state index in [-0.39, 0.29) is 5.57 Å². The zero-order chi connectivity index (χ0) is 14.8. The monoisotopic (exact) mass is 272 g/mol. The highest BCUT2D eigenvalue weighted by molar-refractivity contribution is 5.64. The molecule has 1 aromatic carbocycles. The summed E-state index contributed by atoms with van der Waals surface area (Å²) in [5.74, 6) is 1.18. The lowest BCUT2D eigenvalue weighted by molar-refractivity contribution is 0.170. The predicted molar refractivity (Wildman–Crippen MR) is 74.2 cm³/mol. The number of methoxy groups -OCH3 is 2. The lowest BCUT2D eigenvalue weighted by atomic mass is 10.1. The summed E-state index contributed by atoms with van der Waals surface area (Å²) >= 11 is 0. The van der Waals surface area contributed by atoms with Crippen LogP contribution < -0.4 is 9.47 Å². The molecule has 0 atom stereocenters. The normalized spacial score (nSPS) is 9.20. The molecule has 0 aliphatic rings. The van der Waals surface area contributed by atoms with E-state index in [4.69, 9.17) is 24.7 Å². The summed E-state index contributed by atoms with van der Waals surface area (Å²) in [6.45, 7) is 1.12. The Morgan fingerprint density at radius 1 is 1.15 bits per heavy atom. The van der Waals surface area contributed by atoms with Crippen molar-refractivity contribution in [3.05, 3.63) is 29.3 Å². The van der Waals surface area contributed by atoms with Crippen LogP contribution in [0.3, 0.4) is 0 Å². The Kier molecular flexibility index (Phi) is 6.67. The van der Waals surface area contributed by atoms with Gasteiger partial charge in [0, 0.05) is 20.1 Å². The van der Waals surface area contributed by atoms with Crippen LogP contribution in [0, 0.1) is 22.7 Å². The van der Waals surface area contributed by atoms with Gasteiger partial charge in [-0.05, 0) is 23.8 Å². The molecule has 5 nitrogen and oxygen atoms in total. The maximum atomic E-state index is 8.75. The van der Waals surface area contributed by atoms with Gasteiger partial charge in [-0.2, -0.15) is 10.5 Å². The van der Waals surface area contributed by atoms with Crippen molar-refractivity contribution in [2.45, 2.75) is 6.42 Å². The summed E-state index contributed by atoms with van der Waals surface area (Å²) in [5.41, 5.74) is 0.756. The van der Waals surface area contributed by atoms with Crippen molar-refractivity contribution in [2.75, 3.05) is 27.4 Å². The molecule has 0 spiro atoms. The number of nitrogens with zero attached hydrogens (tertiary/aromatic N) is 2. The highest BCUT2D eigenvalue weighted by Gasteiger charge is 2.05. The van der Waals surface area contributed by atoms with Gasteiger partial charge in [0.1, 0.15) is 17.7 Å². The number of hydrogen-bond donors (Lipinski definition) is 0. The van der Waals surface area contributed by atoms with Gasteiger partial charge >= 0.3 is 0 Å². The number of rotatable bonds is 7. The Labute approximate surface area is 118 Å². The summed E-state index contributed by atoms with van der Waals surface area (Å²) in [7, 11) is 3.19. The smallest absolute Gasteiger partial charge is 0.161 e. The SMILES string of the molecule is COCCCOc1cc(C=C(C#N)C#N)ccc1OC. The summed E-state index contributed by atoms with van der Waals surface area (Å²) < 4.78 is 15.8. The molecular weight excluding hydrogens is 256 g/mol. The molecule has 0 aromatic heterocycles. The third kappa shape index (κ3) is 4.64. The minimum Gasteiger partial charge on any atom is -0.493 e. The van der Waals surface area contributed by atoms with Crippen LogP contribution in [0.2, 0.25) is 0 Å². The molecule has 20 heavy (non-hydrogen) atoms. The molecule has 0 radical (unpaired) electrons. The standard InChI is InChI=1S/C15H16N2O3/c1-18-6-3-7-20-15-9-12(4-5-14(15)19-2)8-13(10-16)11-17/h4-5,8-9H,3,6-7H2,1-2H3. The number of benzene rings is 1. The zero-order valence-electron chi connectivity index (χ0n) is 11.5. The number of ether oxygens (including phenoxy) is 3. The van der Waals surface area contributed by atoms with Crippen LogP contribution in [0.5, 0.6) is 11.5 Å². The van der Waals surface area contributed by atoms with Crippen LogP contribution >= 0.6 is 0 Å². The second-order valence-corrected chi connectivity index (χ2v) is 3.89. The largest absolute Gasteiger partial charge is 0.493 e. The third-order valence-corrected chi connectivity index (χ3v) is 2.49. The molecule has 0 aliphatic heterocycles. The molecule has 0 amide bonds. The van der Waals surface area contributed by atoms with E-state index in [0.717, 1.165) is 6.42 Å². The van der Waals surface area contributed by atoms with Crippen LogP contribution in [0.4, 0.5) is 0 Å². The van der Waals surface area contributed by atoms with E-state index >= 15 is 0 Å². The lowest BCUT2D eigenvalue weighted by Gasteiger charge is -2.11. The molecule has 0 saturated heterocycles. The van der Waals surface area contributed by atoms with Gasteiger partial charge in [-0.1, -0.05) is 6.07 Å². The first-order valence-electron chi connectivity index (χ1n) is 6.06. The van der Waals surface area contributed by atoms with Crippen molar-refractivity contribution >= 4 is 6.08 Å². The Hall–Kier alpha value is -2.50. The summed E-state index contributed by atoms with van der Waals surface area (Å²) in [5, 5.41) is 17.5. The minimum atomic E-state index is 0.0421. The Bertz CT molecular complexity index is 537. The predicted octanol–water partition coefficient (Wildman–Crippen LogP) is 2.54. The fraction of sp³-hybridized carbons (Fsp3) is 0.333. The number of nitriles is 2. The van der Waals surface area contributed by atoms with Crippen molar-refractivity contribution in [3.8, 4) is 23.6 Å². The van der Waals surface area contributed by atoms with Crippen LogP contribution in [-0.4, -0.2) is 27.4 Å². The second kappa shape index (κ2) is 8.58. The molecule has 1 rings (SSSR count). The average Bonchev–Trinajstić information content (AvgIpc) is 2.49. The van der Waals surface area contributed by atoms with Crippen molar-refractivity contribution in [1.82, 2.24) is 0 Å². The Balaban J connectivity index is 2.89. The van der Waals surface area contributed by atoms with E-state index in [1.165, 1.54) is 6.08 Å². The van der Waals surface area contributed by atoms with E-state index in [2.05, 4.69) is 0 Å². The van der Waals surface area contributed by atoms with E-state index in [1.54, 1.807) is 32.4 Å². The third-order valence-electron chi connectivity index (χ3n) is 2.49. The molecule has 1 aromatic rings. The molecule has 0 fully saturated rings. The second-order valence-electron chi connectivity index (χ2n) is 3.89. The van der Waals surface area contributed by atoms with Gasteiger partial charge in [0.15, 0.2) is 11.5 Å². The average molecular weight is 272 g/mol. The van der Waals surface area contributed by atoms with Gasteiger partial charge in [0.05, 0.1) is 13.7 Å². The van der Waals surface area contributed by atoms with Crippen molar-refractivity contribution < 1.29 is 14.2 Å². The van der Waals surface area contributed by atoms with Crippen molar-refractivity contribution in [3.63, 3.8) is 0 Å². The zero-order valence-corrected chi connectivity index (χ0v) is 11.5. The maximum Gasteiger partial charge on any atom is 0.161 e. The Morgan fingerprint density at radius 3 is 2.50 bits per heavy atom. The highest BCUT2D eigenvalue weighted by atomic mass is 16.5. The van der Waals surface area contributed by atoms with E-state index in [9.17, 15) is 0 Å². The van der Waals surface area contributed by atoms with E-state index < -0.39 is 0 Å². The molecule has 0 unspecified atom stereocenters. The molecule has 0 aliphatic carbocycles. The van der Waals surface area contributed by atoms with Gasteiger partial charge in [0.2, 0.25) is 0 Å². The number of hydrogen-bond acceptors (Lipinski definition) is 5. The van der Waals surface area contributed by atoms with Crippen LogP contribution in [0.15, 0.2) is 23.8 Å². The molecule has 0 bridgehead atoms. The molecule has 104 valence electrons. The van der Waals surface area contributed by atoms with Crippen molar-refractivity contribution in [1.29, 1.82) is 10.5 Å². The summed E-state index contributed by atoms with van der Waals surface area (Å²) in [6.07, 6.45) is 2.27. The first kappa shape index (κ1) is 15.6. The minimum absolute atomic E-state index is 0.0421. The maximum absolute atomic E-state index is 8.75. The first-order chi connectivity index (χ1) is 9.74. The molecule has 0 saturated carbocycles. The molecule has 0 heterocycles.